The molecule has 0 aliphatic carbocycles. The van der Waals surface area contributed by atoms with E-state index < -0.39 is 6.09 Å². The average Bonchev–Trinajstić information content (AvgIpc) is 2.85. The maximum absolute atomic E-state index is 12.8. The molecule has 3 rings (SSSR count). The van der Waals surface area contributed by atoms with Crippen LogP contribution in [0.2, 0.25) is 0 Å². The fourth-order valence-electron chi connectivity index (χ4n) is 3.31. The number of nitrogens with zero attached hydrogens (tertiary/aromatic N) is 2. The van der Waals surface area contributed by atoms with Crippen molar-refractivity contribution >= 4 is 33.6 Å². The molecule has 2 amide bonds. The first-order chi connectivity index (χ1) is 16.6. The second-order valence-electron chi connectivity index (χ2n) is 7.50. The number of aromatic nitrogens is 1. The number of carbonyl (C=O) groups is 2. The lowest BCUT2D eigenvalue weighted by Crippen LogP contribution is -2.40. The molecule has 1 heterocycles. The molecule has 0 saturated heterocycles. The van der Waals surface area contributed by atoms with Crippen molar-refractivity contribution in [2.75, 3.05) is 31.2 Å². The zero-order valence-electron chi connectivity index (χ0n) is 19.2. The molecule has 0 spiro atoms. The maximum Gasteiger partial charge on any atom is 0.414 e. The van der Waals surface area contributed by atoms with Crippen LogP contribution in [0.15, 0.2) is 83.6 Å². The summed E-state index contributed by atoms with van der Waals surface area (Å²) in [7, 11) is 0. The normalized spacial score (nSPS) is 10.4. The molecule has 2 aromatic carbocycles. The monoisotopic (exact) mass is 526 g/mol. The lowest BCUT2D eigenvalue weighted by Gasteiger charge is -2.22. The van der Waals surface area contributed by atoms with Crippen molar-refractivity contribution in [1.82, 2.24) is 5.32 Å². The minimum Gasteiger partial charge on any atom is -0.490 e. The number of carbonyl (C=O) groups excluding carboxylic acids is 2. The predicted octanol–water partition coefficient (Wildman–Crippen LogP) is 4.60. The number of rotatable bonds is 11. The summed E-state index contributed by atoms with van der Waals surface area (Å²) in [4.78, 5) is 27.0. The number of aryl methyl sites for hydroxylation is 1. The first-order valence-corrected chi connectivity index (χ1v) is 12.0. The summed E-state index contributed by atoms with van der Waals surface area (Å²) in [5.41, 5.74) is 1.24. The molecule has 0 saturated carbocycles. The van der Waals surface area contributed by atoms with Gasteiger partial charge in [0.05, 0.1) is 4.47 Å². The maximum atomic E-state index is 12.8. The van der Waals surface area contributed by atoms with E-state index in [1.807, 2.05) is 77.6 Å². The predicted molar refractivity (Wildman–Crippen MR) is 134 cm³/mol. The Morgan fingerprint density at radius 1 is 1.00 bits per heavy atom. The highest BCUT2D eigenvalue weighted by Crippen LogP contribution is 2.15. The fourth-order valence-corrected chi connectivity index (χ4v) is 3.82. The van der Waals surface area contributed by atoms with Crippen LogP contribution in [0.1, 0.15) is 23.7 Å². The average molecular weight is 527 g/mol. The quantitative estimate of drug-likeness (QED) is 0.292. The molecular formula is C26H29BrN3O4+. The van der Waals surface area contributed by atoms with Gasteiger partial charge >= 0.3 is 6.09 Å². The van der Waals surface area contributed by atoms with Gasteiger partial charge < -0.3 is 14.8 Å². The van der Waals surface area contributed by atoms with E-state index in [-0.39, 0.29) is 32.2 Å². The number of halogens is 1. The second kappa shape index (κ2) is 13.3. The van der Waals surface area contributed by atoms with Crippen molar-refractivity contribution < 1.29 is 23.6 Å². The molecule has 0 fully saturated rings. The van der Waals surface area contributed by atoms with Gasteiger partial charge in [0, 0.05) is 25.2 Å². The van der Waals surface area contributed by atoms with Gasteiger partial charge in [-0.25, -0.2) is 9.36 Å². The number of benzene rings is 2. The molecule has 0 bridgehead atoms. The zero-order valence-corrected chi connectivity index (χ0v) is 20.7. The summed E-state index contributed by atoms with van der Waals surface area (Å²) in [6.45, 7) is 3.79. The topological polar surface area (TPSA) is 71.8 Å². The molecule has 8 heteroatoms. The highest BCUT2D eigenvalue weighted by Gasteiger charge is 2.18. The smallest absolute Gasteiger partial charge is 0.414 e. The molecule has 0 aliphatic heterocycles. The molecule has 0 unspecified atom stereocenters. The van der Waals surface area contributed by atoms with Crippen LogP contribution in [0.4, 0.5) is 10.5 Å². The zero-order chi connectivity index (χ0) is 24.2. The van der Waals surface area contributed by atoms with Crippen LogP contribution >= 0.6 is 15.9 Å². The van der Waals surface area contributed by atoms with Crippen LogP contribution in [0.25, 0.3) is 0 Å². The van der Waals surface area contributed by atoms with Crippen molar-refractivity contribution in [2.45, 2.75) is 19.9 Å². The Kier molecular flexibility index (Phi) is 9.91. The van der Waals surface area contributed by atoms with Gasteiger partial charge in [0.15, 0.2) is 12.4 Å². The molecule has 0 radical (unpaired) electrons. The van der Waals surface area contributed by atoms with E-state index in [0.29, 0.717) is 17.0 Å². The minimum absolute atomic E-state index is 0.110. The van der Waals surface area contributed by atoms with Gasteiger partial charge in [-0.2, -0.15) is 0 Å². The van der Waals surface area contributed by atoms with Gasteiger partial charge in [-0.05, 0) is 46.3 Å². The lowest BCUT2D eigenvalue weighted by atomic mass is 10.2. The molecule has 0 atom stereocenters. The number of hydrogen-bond donors (Lipinski definition) is 1. The molecule has 1 N–H and O–H groups in total. The van der Waals surface area contributed by atoms with Crippen LogP contribution in [0, 0.1) is 0 Å². The van der Waals surface area contributed by atoms with Crippen molar-refractivity contribution in [3.8, 4) is 5.75 Å². The van der Waals surface area contributed by atoms with E-state index in [9.17, 15) is 9.59 Å². The SMILES string of the molecule is CCC[n+]1cc(Br)cc(C(=O)NCCN(C(=O)OCCOc2ccccc2)c2ccccc2)c1. The number of nitrogens with one attached hydrogen (secondary N) is 1. The Labute approximate surface area is 208 Å². The van der Waals surface area contributed by atoms with E-state index in [1.165, 1.54) is 4.90 Å². The molecule has 34 heavy (non-hydrogen) atoms. The number of hydrogen-bond acceptors (Lipinski definition) is 4. The fraction of sp³-hybridized carbons (Fsp3) is 0.269. The van der Waals surface area contributed by atoms with Gasteiger partial charge in [0.1, 0.15) is 31.1 Å². The number of anilines is 1. The Morgan fingerprint density at radius 2 is 1.71 bits per heavy atom. The highest BCUT2D eigenvalue weighted by atomic mass is 79.9. The number of amides is 2. The van der Waals surface area contributed by atoms with Crippen molar-refractivity contribution in [3.63, 3.8) is 0 Å². The van der Waals surface area contributed by atoms with Crippen LogP contribution < -0.4 is 19.5 Å². The Morgan fingerprint density at radius 3 is 2.41 bits per heavy atom. The van der Waals surface area contributed by atoms with Crippen molar-refractivity contribution in [1.29, 1.82) is 0 Å². The van der Waals surface area contributed by atoms with Crippen molar-refractivity contribution in [2.24, 2.45) is 0 Å². The minimum atomic E-state index is -0.500. The van der Waals surface area contributed by atoms with Gasteiger partial charge in [0.25, 0.3) is 5.91 Å². The summed E-state index contributed by atoms with van der Waals surface area (Å²) in [5, 5.41) is 2.89. The molecule has 1 aromatic heterocycles. The second-order valence-corrected chi connectivity index (χ2v) is 8.42. The summed E-state index contributed by atoms with van der Waals surface area (Å²) in [6.07, 6.45) is 4.22. The van der Waals surface area contributed by atoms with Crippen LogP contribution in [0.5, 0.6) is 5.75 Å². The van der Waals surface area contributed by atoms with E-state index in [4.69, 9.17) is 9.47 Å². The third-order valence-electron chi connectivity index (χ3n) is 4.86. The Hall–Kier alpha value is -3.39. The van der Waals surface area contributed by atoms with Crippen LogP contribution in [0.3, 0.4) is 0 Å². The van der Waals surface area contributed by atoms with Gasteiger partial charge in [-0.1, -0.05) is 43.3 Å². The number of para-hydroxylation sites is 2. The molecule has 178 valence electrons. The molecule has 3 aromatic rings. The summed E-state index contributed by atoms with van der Waals surface area (Å²) in [5.74, 6) is 0.512. The Bertz CT molecular complexity index is 1060. The standard InChI is InChI=1S/C26H28BrN3O4/c1-2-14-29-19-21(18-22(27)20-29)25(31)28-13-15-30(23-9-5-3-6-10-23)26(32)34-17-16-33-24-11-7-4-8-12-24/h3-12,18-20H,2,13-17H2,1H3/p+1. The Balaban J connectivity index is 1.55. The largest absolute Gasteiger partial charge is 0.490 e. The van der Waals surface area contributed by atoms with E-state index in [0.717, 1.165) is 17.4 Å². The number of ether oxygens (including phenoxy) is 2. The summed E-state index contributed by atoms with van der Waals surface area (Å²) < 4.78 is 13.8. The van der Waals surface area contributed by atoms with Crippen LogP contribution in [-0.2, 0) is 11.3 Å². The van der Waals surface area contributed by atoms with E-state index >= 15 is 0 Å². The van der Waals surface area contributed by atoms with Gasteiger partial charge in [-0.15, -0.1) is 0 Å². The van der Waals surface area contributed by atoms with E-state index in [1.54, 1.807) is 6.07 Å². The highest BCUT2D eigenvalue weighted by molar-refractivity contribution is 9.10. The summed E-state index contributed by atoms with van der Waals surface area (Å²) >= 11 is 3.46. The van der Waals surface area contributed by atoms with Gasteiger partial charge in [-0.3, -0.25) is 9.69 Å². The third-order valence-corrected chi connectivity index (χ3v) is 5.30. The number of pyridine rings is 1. The first-order valence-electron chi connectivity index (χ1n) is 11.2. The molecule has 0 aliphatic rings. The van der Waals surface area contributed by atoms with Crippen LogP contribution in [-0.4, -0.2) is 38.3 Å². The molecule has 7 nitrogen and oxygen atoms in total. The van der Waals surface area contributed by atoms with Crippen molar-refractivity contribution in [3.05, 3.63) is 89.2 Å². The molecular weight excluding hydrogens is 498 g/mol. The van der Waals surface area contributed by atoms with E-state index in [2.05, 4.69) is 28.2 Å². The summed E-state index contributed by atoms with van der Waals surface area (Å²) in [6, 6.07) is 20.3. The lowest BCUT2D eigenvalue weighted by molar-refractivity contribution is -0.697. The first kappa shape index (κ1) is 25.2. The third kappa shape index (κ3) is 7.88. The van der Waals surface area contributed by atoms with Gasteiger partial charge in [0.2, 0.25) is 0 Å².